The van der Waals surface area contributed by atoms with Gasteiger partial charge in [-0.3, -0.25) is 14.4 Å². The normalized spacial score (nSPS) is 24.7. The van der Waals surface area contributed by atoms with E-state index in [-0.39, 0.29) is 36.7 Å². The van der Waals surface area contributed by atoms with Gasteiger partial charge in [0.1, 0.15) is 24.4 Å². The molecule has 3 unspecified atom stereocenters. The van der Waals surface area contributed by atoms with Crippen molar-refractivity contribution >= 4 is 17.7 Å². The van der Waals surface area contributed by atoms with Crippen LogP contribution in [0.1, 0.15) is 40.9 Å². The number of ether oxygens (including phenoxy) is 1. The predicted octanol–water partition coefficient (Wildman–Crippen LogP) is 1.24. The fraction of sp³-hybridized carbons (Fsp3) is 0.375. The zero-order chi connectivity index (χ0) is 22.4. The Morgan fingerprint density at radius 1 is 1.16 bits per heavy atom. The highest BCUT2D eigenvalue weighted by atomic mass is 16.5. The smallest absolute Gasteiger partial charge is 0.255 e. The molecule has 5 rings (SSSR count). The minimum atomic E-state index is -0.798. The average molecular weight is 435 g/mol. The third kappa shape index (κ3) is 3.40. The molecule has 0 spiro atoms. The molecule has 2 aromatic rings. The molecule has 8 heteroatoms. The monoisotopic (exact) mass is 435 g/mol. The Hall–Kier alpha value is -3.39. The van der Waals surface area contributed by atoms with Crippen LogP contribution in [0.3, 0.4) is 0 Å². The molecule has 3 heterocycles. The van der Waals surface area contributed by atoms with E-state index in [9.17, 15) is 19.5 Å². The zero-order valence-corrected chi connectivity index (χ0v) is 17.7. The number of hydrogen-bond donors (Lipinski definition) is 2. The van der Waals surface area contributed by atoms with E-state index in [2.05, 4.69) is 5.32 Å². The summed E-state index contributed by atoms with van der Waals surface area (Å²) < 4.78 is 5.63. The first kappa shape index (κ1) is 20.5. The Kier molecular flexibility index (Phi) is 5.09. The molecular weight excluding hydrogens is 410 g/mol. The van der Waals surface area contributed by atoms with Crippen molar-refractivity contribution < 1.29 is 24.2 Å². The fourth-order valence-corrected chi connectivity index (χ4v) is 4.82. The summed E-state index contributed by atoms with van der Waals surface area (Å²) in [5.41, 5.74) is 2.38. The van der Waals surface area contributed by atoms with Crippen LogP contribution in [0.5, 0.6) is 5.75 Å². The van der Waals surface area contributed by atoms with Crippen LogP contribution in [0.15, 0.2) is 48.5 Å². The molecule has 3 amide bonds. The van der Waals surface area contributed by atoms with Gasteiger partial charge in [-0.15, -0.1) is 0 Å². The lowest BCUT2D eigenvalue weighted by Crippen LogP contribution is -2.53. The third-order valence-electron chi connectivity index (χ3n) is 6.56. The summed E-state index contributed by atoms with van der Waals surface area (Å²) in [6, 6.07) is 13.0. The van der Waals surface area contributed by atoms with Gasteiger partial charge in [-0.05, 0) is 24.6 Å². The van der Waals surface area contributed by atoms with E-state index in [0.717, 1.165) is 16.9 Å². The van der Waals surface area contributed by atoms with Crippen molar-refractivity contribution in [3.05, 3.63) is 65.2 Å². The number of rotatable bonds is 4. The predicted molar refractivity (Wildman–Crippen MR) is 115 cm³/mol. The number of hydrogen-bond acceptors (Lipinski definition) is 5. The van der Waals surface area contributed by atoms with Crippen molar-refractivity contribution in [1.82, 2.24) is 15.1 Å². The number of carbonyl (C=O) groups is 3. The van der Waals surface area contributed by atoms with Crippen LogP contribution >= 0.6 is 0 Å². The van der Waals surface area contributed by atoms with Crippen molar-refractivity contribution in [2.75, 3.05) is 13.2 Å². The van der Waals surface area contributed by atoms with E-state index in [0.29, 0.717) is 18.7 Å². The molecule has 3 aliphatic rings. The van der Waals surface area contributed by atoms with Crippen molar-refractivity contribution in [1.29, 1.82) is 0 Å². The molecule has 0 aromatic heterocycles. The number of benzene rings is 2. The molecule has 0 aliphatic carbocycles. The summed E-state index contributed by atoms with van der Waals surface area (Å²) in [6.45, 7) is 2.41. The highest BCUT2D eigenvalue weighted by molar-refractivity contribution is 6.01. The molecule has 0 bridgehead atoms. The zero-order valence-electron chi connectivity index (χ0n) is 17.7. The summed E-state index contributed by atoms with van der Waals surface area (Å²) in [5.74, 6) is -0.130. The van der Waals surface area contributed by atoms with Gasteiger partial charge in [0, 0.05) is 30.6 Å². The van der Waals surface area contributed by atoms with Crippen molar-refractivity contribution in [3.8, 4) is 5.75 Å². The van der Waals surface area contributed by atoms with E-state index in [4.69, 9.17) is 4.74 Å². The number of β-amino-alcohol motifs (C(OH)–C–C–N with tert-alkyl or cyclic N) is 1. The van der Waals surface area contributed by atoms with E-state index < -0.39 is 18.2 Å². The van der Waals surface area contributed by atoms with Crippen molar-refractivity contribution in [3.63, 3.8) is 0 Å². The Morgan fingerprint density at radius 2 is 1.91 bits per heavy atom. The van der Waals surface area contributed by atoms with Gasteiger partial charge in [-0.25, -0.2) is 0 Å². The van der Waals surface area contributed by atoms with Crippen LogP contribution in [-0.4, -0.2) is 64.0 Å². The van der Waals surface area contributed by atoms with Crippen LogP contribution in [0.4, 0.5) is 0 Å². The number of amides is 3. The second-order valence-electron chi connectivity index (χ2n) is 8.57. The number of carbonyl (C=O) groups excluding carboxylic acids is 3. The quantitative estimate of drug-likeness (QED) is 0.753. The van der Waals surface area contributed by atoms with Gasteiger partial charge >= 0.3 is 0 Å². The second kappa shape index (κ2) is 7.94. The molecule has 8 nitrogen and oxygen atoms in total. The Balaban J connectivity index is 1.30. The van der Waals surface area contributed by atoms with Crippen molar-refractivity contribution in [2.45, 2.75) is 44.1 Å². The summed E-state index contributed by atoms with van der Waals surface area (Å²) >= 11 is 0. The molecule has 1 saturated heterocycles. The largest absolute Gasteiger partial charge is 0.491 e. The molecular formula is C24H25N3O5. The summed E-state index contributed by atoms with van der Waals surface area (Å²) in [5, 5.41) is 13.2. The fourth-order valence-electron chi connectivity index (χ4n) is 4.82. The molecule has 3 aliphatic heterocycles. The Morgan fingerprint density at radius 3 is 2.72 bits per heavy atom. The SMILES string of the molecule is C[C@@H](C(=O)N1CC(O)CC1C(=O)NC1COc2ccccc21)N1Cc2ccccc2C1=O. The van der Waals surface area contributed by atoms with E-state index in [1.807, 2.05) is 36.4 Å². The lowest BCUT2D eigenvalue weighted by Gasteiger charge is -2.31. The van der Waals surface area contributed by atoms with Gasteiger partial charge < -0.3 is 25.0 Å². The highest BCUT2D eigenvalue weighted by Crippen LogP contribution is 2.32. The van der Waals surface area contributed by atoms with Gasteiger partial charge in [0.15, 0.2) is 0 Å². The van der Waals surface area contributed by atoms with Crippen LogP contribution in [0.2, 0.25) is 0 Å². The maximum absolute atomic E-state index is 13.3. The number of nitrogens with one attached hydrogen (secondary N) is 1. The van der Waals surface area contributed by atoms with Gasteiger partial charge in [0.05, 0.1) is 12.1 Å². The summed E-state index contributed by atoms with van der Waals surface area (Å²) in [6.07, 6.45) is -0.631. The summed E-state index contributed by atoms with van der Waals surface area (Å²) in [7, 11) is 0. The van der Waals surface area contributed by atoms with E-state index in [1.54, 1.807) is 19.1 Å². The van der Waals surface area contributed by atoms with Gasteiger partial charge in [0.2, 0.25) is 11.8 Å². The Bertz CT molecular complexity index is 1090. The molecule has 0 saturated carbocycles. The average Bonchev–Trinajstić information content (AvgIpc) is 3.49. The van der Waals surface area contributed by atoms with Gasteiger partial charge in [-0.1, -0.05) is 36.4 Å². The number of fused-ring (bicyclic) bond motifs is 2. The third-order valence-corrected chi connectivity index (χ3v) is 6.56. The first-order chi connectivity index (χ1) is 15.4. The first-order valence-corrected chi connectivity index (χ1v) is 10.8. The molecule has 166 valence electrons. The topological polar surface area (TPSA) is 99.2 Å². The lowest BCUT2D eigenvalue weighted by molar-refractivity contribution is -0.142. The van der Waals surface area contributed by atoms with Crippen LogP contribution in [0, 0.1) is 0 Å². The number of likely N-dealkylation sites (tertiary alicyclic amines) is 1. The van der Waals surface area contributed by atoms with E-state index in [1.165, 1.54) is 9.80 Å². The molecule has 4 atom stereocenters. The second-order valence-corrected chi connectivity index (χ2v) is 8.57. The number of nitrogens with zero attached hydrogens (tertiary/aromatic N) is 2. The standard InChI is InChI=1S/C24H25N3O5/c1-14(26-11-15-6-2-3-7-17(15)24(26)31)23(30)27-12-16(28)10-20(27)22(29)25-19-13-32-21-9-5-4-8-18(19)21/h2-9,14,16,19-20,28H,10-13H2,1H3,(H,25,29)/t14-,16?,19?,20?/m0/s1. The van der Waals surface area contributed by atoms with Crippen LogP contribution in [-0.2, 0) is 16.1 Å². The van der Waals surface area contributed by atoms with Crippen LogP contribution in [0.25, 0.3) is 0 Å². The van der Waals surface area contributed by atoms with E-state index >= 15 is 0 Å². The van der Waals surface area contributed by atoms with Crippen molar-refractivity contribution in [2.24, 2.45) is 0 Å². The molecule has 32 heavy (non-hydrogen) atoms. The molecule has 0 radical (unpaired) electrons. The van der Waals surface area contributed by atoms with Gasteiger partial charge in [-0.2, -0.15) is 0 Å². The first-order valence-electron chi connectivity index (χ1n) is 10.8. The molecule has 2 N–H and O–H groups in total. The van der Waals surface area contributed by atoms with Crippen LogP contribution < -0.4 is 10.1 Å². The maximum Gasteiger partial charge on any atom is 0.255 e. The minimum Gasteiger partial charge on any atom is -0.491 e. The summed E-state index contributed by atoms with van der Waals surface area (Å²) in [4.78, 5) is 42.2. The molecule has 1 fully saturated rings. The number of aliphatic hydroxyl groups excluding tert-OH is 1. The lowest BCUT2D eigenvalue weighted by atomic mass is 10.1. The highest BCUT2D eigenvalue weighted by Gasteiger charge is 2.44. The minimum absolute atomic E-state index is 0.0635. The molecule has 2 aromatic carbocycles. The Labute approximate surface area is 185 Å². The number of para-hydroxylation sites is 1. The van der Waals surface area contributed by atoms with Gasteiger partial charge in [0.25, 0.3) is 5.91 Å². The number of aliphatic hydroxyl groups is 1. The maximum atomic E-state index is 13.3.